The summed E-state index contributed by atoms with van der Waals surface area (Å²) in [5, 5.41) is 0. The predicted molar refractivity (Wildman–Crippen MR) is 64.0 cm³/mol. The summed E-state index contributed by atoms with van der Waals surface area (Å²) in [4.78, 5) is 0. The van der Waals surface area contributed by atoms with E-state index in [9.17, 15) is 0 Å². The lowest BCUT2D eigenvalue weighted by Crippen LogP contribution is -2.43. The van der Waals surface area contributed by atoms with Crippen LogP contribution in [0.4, 0.5) is 0 Å². The summed E-state index contributed by atoms with van der Waals surface area (Å²) in [5.74, 6) is 1.76. The zero-order valence-electron chi connectivity index (χ0n) is 10.2. The Morgan fingerprint density at radius 1 is 1.12 bits per heavy atom. The second-order valence-corrected chi connectivity index (χ2v) is 4.53. The highest BCUT2D eigenvalue weighted by atomic mass is 16.5. The van der Waals surface area contributed by atoms with Crippen LogP contribution < -0.4 is 15.2 Å². The van der Waals surface area contributed by atoms with E-state index in [-0.39, 0.29) is 5.54 Å². The first-order valence-corrected chi connectivity index (χ1v) is 5.63. The highest BCUT2D eigenvalue weighted by Crippen LogP contribution is 2.44. The highest BCUT2D eigenvalue weighted by molar-refractivity contribution is 5.49. The van der Waals surface area contributed by atoms with E-state index in [2.05, 4.69) is 0 Å². The molecule has 0 unspecified atom stereocenters. The molecule has 0 heterocycles. The minimum Gasteiger partial charge on any atom is -0.496 e. The van der Waals surface area contributed by atoms with Crippen LogP contribution in [-0.2, 0) is 5.54 Å². The molecule has 16 heavy (non-hydrogen) atoms. The van der Waals surface area contributed by atoms with Gasteiger partial charge in [0.05, 0.1) is 14.2 Å². The third-order valence-corrected chi connectivity index (χ3v) is 3.50. The molecule has 88 valence electrons. The van der Waals surface area contributed by atoms with Gasteiger partial charge < -0.3 is 15.2 Å². The molecule has 0 atom stereocenters. The van der Waals surface area contributed by atoms with Gasteiger partial charge in [0, 0.05) is 11.1 Å². The number of aryl methyl sites for hydroxylation is 1. The zero-order chi connectivity index (χ0) is 11.8. The molecule has 0 radical (unpaired) electrons. The van der Waals surface area contributed by atoms with Gasteiger partial charge in [0.1, 0.15) is 11.5 Å². The van der Waals surface area contributed by atoms with Crippen LogP contribution in [0.25, 0.3) is 0 Å². The number of rotatable bonds is 3. The van der Waals surface area contributed by atoms with Crippen LogP contribution in [0.3, 0.4) is 0 Å². The molecule has 0 spiro atoms. The van der Waals surface area contributed by atoms with E-state index >= 15 is 0 Å². The third kappa shape index (κ3) is 1.65. The Bertz CT molecular complexity index is 397. The Balaban J connectivity index is 2.49. The molecule has 1 aromatic rings. The number of hydrogen-bond donors (Lipinski definition) is 1. The zero-order valence-corrected chi connectivity index (χ0v) is 10.2. The molecule has 1 fully saturated rings. The van der Waals surface area contributed by atoms with Gasteiger partial charge in [0.25, 0.3) is 0 Å². The van der Waals surface area contributed by atoms with Crippen LogP contribution in [0.15, 0.2) is 12.1 Å². The van der Waals surface area contributed by atoms with Gasteiger partial charge in [0.15, 0.2) is 0 Å². The van der Waals surface area contributed by atoms with E-state index < -0.39 is 0 Å². The van der Waals surface area contributed by atoms with Gasteiger partial charge >= 0.3 is 0 Å². The summed E-state index contributed by atoms with van der Waals surface area (Å²) >= 11 is 0. The Labute approximate surface area is 96.5 Å². The topological polar surface area (TPSA) is 44.5 Å². The molecule has 2 N–H and O–H groups in total. The van der Waals surface area contributed by atoms with Crippen LogP contribution >= 0.6 is 0 Å². The van der Waals surface area contributed by atoms with E-state index in [0.717, 1.165) is 35.5 Å². The summed E-state index contributed by atoms with van der Waals surface area (Å²) < 4.78 is 10.7. The van der Waals surface area contributed by atoms with Crippen LogP contribution in [0.2, 0.25) is 0 Å². The number of benzene rings is 1. The Kier molecular flexibility index (Phi) is 2.80. The first-order valence-electron chi connectivity index (χ1n) is 5.63. The van der Waals surface area contributed by atoms with Gasteiger partial charge in [-0.1, -0.05) is 0 Å². The fourth-order valence-corrected chi connectivity index (χ4v) is 2.27. The maximum absolute atomic E-state index is 6.34. The largest absolute Gasteiger partial charge is 0.496 e. The minimum absolute atomic E-state index is 0.216. The Hall–Kier alpha value is -1.22. The van der Waals surface area contributed by atoms with Gasteiger partial charge in [-0.05, 0) is 43.9 Å². The van der Waals surface area contributed by atoms with Crippen molar-refractivity contribution >= 4 is 0 Å². The molecule has 1 aromatic carbocycles. The lowest BCUT2D eigenvalue weighted by Gasteiger charge is -2.39. The van der Waals surface area contributed by atoms with Crippen LogP contribution in [0.5, 0.6) is 11.5 Å². The average Bonchev–Trinajstić information content (AvgIpc) is 2.25. The van der Waals surface area contributed by atoms with E-state index in [1.165, 1.54) is 6.42 Å². The fraction of sp³-hybridized carbons (Fsp3) is 0.538. The van der Waals surface area contributed by atoms with Crippen molar-refractivity contribution in [1.29, 1.82) is 0 Å². The third-order valence-electron chi connectivity index (χ3n) is 3.50. The molecule has 1 saturated carbocycles. The Morgan fingerprint density at radius 2 is 1.75 bits per heavy atom. The summed E-state index contributed by atoms with van der Waals surface area (Å²) in [7, 11) is 3.37. The molecule has 0 bridgehead atoms. The maximum Gasteiger partial charge on any atom is 0.124 e. The molecule has 0 saturated heterocycles. The van der Waals surface area contributed by atoms with Gasteiger partial charge in [-0.3, -0.25) is 0 Å². The number of methoxy groups -OCH3 is 2. The molecule has 0 aromatic heterocycles. The summed E-state index contributed by atoms with van der Waals surface area (Å²) in [6, 6.07) is 4.02. The fourth-order valence-electron chi connectivity index (χ4n) is 2.27. The quantitative estimate of drug-likeness (QED) is 0.852. The molecule has 1 aliphatic rings. The van der Waals surface area contributed by atoms with Crippen LogP contribution in [0, 0.1) is 6.92 Å². The summed E-state index contributed by atoms with van der Waals surface area (Å²) in [5.41, 5.74) is 8.27. The molecule has 2 rings (SSSR count). The molecule has 0 amide bonds. The second kappa shape index (κ2) is 3.98. The predicted octanol–water partition coefficient (Wildman–Crippen LogP) is 2.35. The standard InChI is InChI=1S/C13H19NO2/c1-9-7-12(16-3)10(8-11(9)15-2)13(14)5-4-6-13/h7-8H,4-6,14H2,1-3H3. The number of ether oxygens (including phenoxy) is 2. The lowest BCUT2D eigenvalue weighted by molar-refractivity contribution is 0.242. The Morgan fingerprint density at radius 3 is 2.19 bits per heavy atom. The highest BCUT2D eigenvalue weighted by Gasteiger charge is 2.37. The molecular weight excluding hydrogens is 202 g/mol. The van der Waals surface area contributed by atoms with E-state index in [1.807, 2.05) is 19.1 Å². The molecule has 1 aliphatic carbocycles. The van der Waals surface area contributed by atoms with E-state index in [0.29, 0.717) is 0 Å². The average molecular weight is 221 g/mol. The summed E-state index contributed by atoms with van der Waals surface area (Å²) in [6.45, 7) is 2.01. The lowest BCUT2D eigenvalue weighted by atomic mass is 9.72. The van der Waals surface area contributed by atoms with Crippen molar-refractivity contribution in [3.8, 4) is 11.5 Å². The van der Waals surface area contributed by atoms with Crippen molar-refractivity contribution < 1.29 is 9.47 Å². The maximum atomic E-state index is 6.34. The number of hydrogen-bond acceptors (Lipinski definition) is 3. The van der Waals surface area contributed by atoms with Gasteiger partial charge in [-0.15, -0.1) is 0 Å². The van der Waals surface area contributed by atoms with Crippen molar-refractivity contribution in [1.82, 2.24) is 0 Å². The summed E-state index contributed by atoms with van der Waals surface area (Å²) in [6.07, 6.45) is 3.24. The van der Waals surface area contributed by atoms with Crippen LogP contribution in [-0.4, -0.2) is 14.2 Å². The van der Waals surface area contributed by atoms with Gasteiger partial charge in [0.2, 0.25) is 0 Å². The van der Waals surface area contributed by atoms with Crippen molar-refractivity contribution in [2.45, 2.75) is 31.7 Å². The normalized spacial score (nSPS) is 17.8. The van der Waals surface area contributed by atoms with Crippen molar-refractivity contribution in [2.75, 3.05) is 14.2 Å². The van der Waals surface area contributed by atoms with Crippen LogP contribution in [0.1, 0.15) is 30.4 Å². The van der Waals surface area contributed by atoms with E-state index in [4.69, 9.17) is 15.2 Å². The van der Waals surface area contributed by atoms with Crippen molar-refractivity contribution in [3.63, 3.8) is 0 Å². The molecule has 3 heteroatoms. The molecule has 0 aliphatic heterocycles. The van der Waals surface area contributed by atoms with E-state index in [1.54, 1.807) is 14.2 Å². The first kappa shape index (κ1) is 11.3. The molecular formula is C13H19NO2. The molecule has 3 nitrogen and oxygen atoms in total. The van der Waals surface area contributed by atoms with Gasteiger partial charge in [-0.25, -0.2) is 0 Å². The minimum atomic E-state index is -0.216. The SMILES string of the molecule is COc1cc(C2(N)CCC2)c(OC)cc1C. The second-order valence-electron chi connectivity index (χ2n) is 4.53. The monoisotopic (exact) mass is 221 g/mol. The first-order chi connectivity index (χ1) is 7.60. The van der Waals surface area contributed by atoms with Gasteiger partial charge in [-0.2, -0.15) is 0 Å². The number of nitrogens with two attached hydrogens (primary N) is 1. The smallest absolute Gasteiger partial charge is 0.124 e. The van der Waals surface area contributed by atoms with Crippen molar-refractivity contribution in [2.24, 2.45) is 5.73 Å². The van der Waals surface area contributed by atoms with Crippen molar-refractivity contribution in [3.05, 3.63) is 23.3 Å².